The zero-order valence-corrected chi connectivity index (χ0v) is 18.9. The van der Waals surface area contributed by atoms with E-state index < -0.39 is 6.10 Å². The lowest BCUT2D eigenvalue weighted by atomic mass is 9.80. The summed E-state index contributed by atoms with van der Waals surface area (Å²) in [5.74, 6) is 2.98. The van der Waals surface area contributed by atoms with E-state index >= 15 is 0 Å². The molecule has 0 aromatic heterocycles. The lowest BCUT2D eigenvalue weighted by Crippen LogP contribution is -2.12. The van der Waals surface area contributed by atoms with Gasteiger partial charge in [0, 0.05) is 29.5 Å². The average molecular weight is 437 g/mol. The van der Waals surface area contributed by atoms with Crippen molar-refractivity contribution in [2.45, 2.75) is 17.9 Å². The van der Waals surface area contributed by atoms with Gasteiger partial charge in [-0.15, -0.1) is 0 Å². The van der Waals surface area contributed by atoms with Gasteiger partial charge in [-0.25, -0.2) is 0 Å². The van der Waals surface area contributed by atoms with Gasteiger partial charge in [0.2, 0.25) is 0 Å². The van der Waals surface area contributed by atoms with E-state index in [4.69, 9.17) is 23.7 Å². The quantitative estimate of drug-likeness (QED) is 0.580. The molecule has 1 unspecified atom stereocenters. The lowest BCUT2D eigenvalue weighted by molar-refractivity contribution is 0.152. The van der Waals surface area contributed by atoms with Gasteiger partial charge in [0.25, 0.3) is 0 Å². The predicted octanol–water partition coefficient (Wildman–Crippen LogP) is 4.69. The maximum atomic E-state index is 11.5. The fraction of sp³-hybridized carbons (Fsp3) is 0.308. The van der Waals surface area contributed by atoms with E-state index in [9.17, 15) is 5.11 Å². The van der Waals surface area contributed by atoms with Crippen molar-refractivity contribution < 1.29 is 28.8 Å². The summed E-state index contributed by atoms with van der Waals surface area (Å²) < 4.78 is 27.6. The molecule has 0 saturated carbocycles. The number of ether oxygens (including phenoxy) is 5. The maximum absolute atomic E-state index is 11.5. The maximum Gasteiger partial charge on any atom is 0.126 e. The summed E-state index contributed by atoms with van der Waals surface area (Å²) in [5.41, 5.74) is 3.66. The highest BCUT2D eigenvalue weighted by atomic mass is 16.5. The zero-order chi connectivity index (χ0) is 22.8. The molecule has 0 aliphatic heterocycles. The molecule has 3 aromatic carbocycles. The van der Waals surface area contributed by atoms with Gasteiger partial charge in [-0.1, -0.05) is 12.1 Å². The molecule has 1 aliphatic carbocycles. The summed E-state index contributed by atoms with van der Waals surface area (Å²) >= 11 is 0. The Kier molecular flexibility index (Phi) is 6.15. The van der Waals surface area contributed by atoms with Crippen LogP contribution in [0.4, 0.5) is 0 Å². The third-order valence-electron chi connectivity index (χ3n) is 6.17. The van der Waals surface area contributed by atoms with Crippen LogP contribution < -0.4 is 23.7 Å². The van der Waals surface area contributed by atoms with E-state index in [2.05, 4.69) is 0 Å². The second-order valence-electron chi connectivity index (χ2n) is 7.70. The van der Waals surface area contributed by atoms with E-state index in [0.29, 0.717) is 23.0 Å². The number of aliphatic hydroxyl groups is 1. The van der Waals surface area contributed by atoms with Crippen molar-refractivity contribution in [2.24, 2.45) is 0 Å². The smallest absolute Gasteiger partial charge is 0.126 e. The average Bonchev–Trinajstić information content (AvgIpc) is 3.15. The van der Waals surface area contributed by atoms with Crippen molar-refractivity contribution >= 4 is 0 Å². The van der Waals surface area contributed by atoms with Gasteiger partial charge < -0.3 is 28.8 Å². The molecule has 6 nitrogen and oxygen atoms in total. The Morgan fingerprint density at radius 3 is 1.69 bits per heavy atom. The van der Waals surface area contributed by atoms with Crippen LogP contribution >= 0.6 is 0 Å². The van der Waals surface area contributed by atoms with E-state index in [1.807, 2.05) is 54.6 Å². The van der Waals surface area contributed by atoms with Crippen molar-refractivity contribution in [1.82, 2.24) is 0 Å². The molecule has 0 amide bonds. The molecule has 32 heavy (non-hydrogen) atoms. The van der Waals surface area contributed by atoms with E-state index in [1.54, 1.807) is 35.5 Å². The van der Waals surface area contributed by atoms with Gasteiger partial charge in [0.05, 0.1) is 41.7 Å². The number of rotatable bonds is 7. The molecule has 6 heteroatoms. The number of hydrogen-bond acceptors (Lipinski definition) is 6. The topological polar surface area (TPSA) is 66.4 Å². The van der Waals surface area contributed by atoms with Gasteiger partial charge in [0.15, 0.2) is 0 Å². The van der Waals surface area contributed by atoms with Crippen LogP contribution in [0.1, 0.15) is 40.2 Å². The summed E-state index contributed by atoms with van der Waals surface area (Å²) in [6.45, 7) is 0. The van der Waals surface area contributed by atoms with Crippen LogP contribution in [0, 0.1) is 0 Å². The Morgan fingerprint density at radius 2 is 1.16 bits per heavy atom. The van der Waals surface area contributed by atoms with Gasteiger partial charge in [-0.3, -0.25) is 0 Å². The van der Waals surface area contributed by atoms with Crippen LogP contribution in [0.25, 0.3) is 0 Å². The van der Waals surface area contributed by atoms with E-state index in [0.717, 1.165) is 28.0 Å². The van der Waals surface area contributed by atoms with Gasteiger partial charge in [-0.2, -0.15) is 0 Å². The fourth-order valence-electron chi connectivity index (χ4n) is 4.63. The number of aliphatic hydroxyl groups excluding tert-OH is 1. The van der Waals surface area contributed by atoms with Crippen molar-refractivity contribution in [3.8, 4) is 28.7 Å². The van der Waals surface area contributed by atoms with E-state index in [1.165, 1.54) is 0 Å². The first-order valence-electron chi connectivity index (χ1n) is 10.3. The van der Waals surface area contributed by atoms with Crippen LogP contribution in [-0.2, 0) is 0 Å². The number of hydrogen-bond donors (Lipinski definition) is 1. The Morgan fingerprint density at radius 1 is 0.594 bits per heavy atom. The van der Waals surface area contributed by atoms with Crippen LogP contribution in [0.2, 0.25) is 0 Å². The molecule has 0 fully saturated rings. The monoisotopic (exact) mass is 436 g/mol. The molecule has 1 aliphatic rings. The molecule has 1 N–H and O–H groups in total. The van der Waals surface area contributed by atoms with Gasteiger partial charge in [-0.05, 0) is 47.0 Å². The van der Waals surface area contributed by atoms with E-state index in [-0.39, 0.29) is 11.8 Å². The van der Waals surface area contributed by atoms with Crippen LogP contribution in [0.3, 0.4) is 0 Å². The second kappa shape index (κ2) is 9.01. The van der Waals surface area contributed by atoms with Crippen LogP contribution in [0.15, 0.2) is 54.6 Å². The first-order chi connectivity index (χ1) is 15.5. The number of benzene rings is 3. The Hall–Kier alpha value is -3.38. The Bertz CT molecular complexity index is 1070. The summed E-state index contributed by atoms with van der Waals surface area (Å²) in [6.07, 6.45) is -0.760. The highest BCUT2D eigenvalue weighted by Gasteiger charge is 2.44. The first-order valence-corrected chi connectivity index (χ1v) is 10.3. The summed E-state index contributed by atoms with van der Waals surface area (Å²) in [7, 11) is 8.13. The van der Waals surface area contributed by atoms with Crippen molar-refractivity contribution in [3.63, 3.8) is 0 Å². The minimum Gasteiger partial charge on any atom is -0.497 e. The van der Waals surface area contributed by atoms with Gasteiger partial charge in [0.1, 0.15) is 28.7 Å². The van der Waals surface area contributed by atoms with Crippen molar-refractivity contribution in [1.29, 1.82) is 0 Å². The largest absolute Gasteiger partial charge is 0.497 e. The third kappa shape index (κ3) is 3.71. The molecule has 168 valence electrons. The molecule has 0 heterocycles. The summed E-state index contributed by atoms with van der Waals surface area (Å²) in [6, 6.07) is 17.3. The molecular weight excluding hydrogens is 408 g/mol. The highest BCUT2D eigenvalue weighted by Crippen LogP contribution is 2.58. The summed E-state index contributed by atoms with van der Waals surface area (Å²) in [5, 5.41) is 11.5. The summed E-state index contributed by atoms with van der Waals surface area (Å²) in [4.78, 5) is 0. The molecule has 3 aromatic rings. The molecule has 4 rings (SSSR count). The lowest BCUT2D eigenvalue weighted by Gasteiger charge is -2.25. The van der Waals surface area contributed by atoms with Crippen molar-refractivity contribution in [3.05, 3.63) is 76.9 Å². The SMILES string of the molecule is COc1ccc(C2[C@@H](c3cc(OC)cc(OC)c3)c3c(OC)cc(OC)cc3[C@H]2O)cc1. The highest BCUT2D eigenvalue weighted by molar-refractivity contribution is 5.60. The Balaban J connectivity index is 1.96. The van der Waals surface area contributed by atoms with Crippen LogP contribution in [0.5, 0.6) is 28.7 Å². The molecule has 0 bridgehead atoms. The predicted molar refractivity (Wildman–Crippen MR) is 122 cm³/mol. The fourth-order valence-corrected chi connectivity index (χ4v) is 4.63. The minimum absolute atomic E-state index is 0.196. The van der Waals surface area contributed by atoms with Gasteiger partial charge >= 0.3 is 0 Å². The second-order valence-corrected chi connectivity index (χ2v) is 7.70. The standard InChI is InChI=1S/C26H28O6/c1-28-17-8-6-15(7-9-17)24-23(16-10-18(29-2)12-19(11-16)30-3)25-21(26(24)27)13-20(31-4)14-22(25)32-5/h6-14,23-24,26-27H,1-5H3/t23-,24?,26-/m1/s1. The van der Waals surface area contributed by atoms with Crippen molar-refractivity contribution in [2.75, 3.05) is 35.5 Å². The number of fused-ring (bicyclic) bond motifs is 1. The van der Waals surface area contributed by atoms with Crippen LogP contribution in [-0.4, -0.2) is 40.7 Å². The zero-order valence-electron chi connectivity index (χ0n) is 18.9. The molecule has 3 atom stereocenters. The molecule has 0 spiro atoms. The first kappa shape index (κ1) is 21.8. The molecule has 0 radical (unpaired) electrons. The Labute approximate surface area is 188 Å². The minimum atomic E-state index is -0.760. The normalized spacial score (nSPS) is 19.2. The third-order valence-corrected chi connectivity index (χ3v) is 6.17. The molecule has 0 saturated heterocycles. The number of methoxy groups -OCH3 is 5. The molecular formula is C26H28O6.